The summed E-state index contributed by atoms with van der Waals surface area (Å²) in [5.74, 6) is 0.591. The normalized spacial score (nSPS) is 10.4. The van der Waals surface area contributed by atoms with Crippen LogP contribution >= 0.6 is 11.3 Å². The second-order valence-corrected chi connectivity index (χ2v) is 7.59. The minimum atomic E-state index is -0.474. The Hall–Kier alpha value is -3.32. The van der Waals surface area contributed by atoms with E-state index in [1.807, 2.05) is 31.2 Å². The van der Waals surface area contributed by atoms with Crippen LogP contribution in [0.5, 0.6) is 11.5 Å². The van der Waals surface area contributed by atoms with Crippen LogP contribution in [0.15, 0.2) is 48.5 Å². The first-order valence-electron chi connectivity index (χ1n) is 9.38. The molecular formula is C23H23NO5S. The lowest BCUT2D eigenvalue weighted by Crippen LogP contribution is -2.14. The molecule has 0 unspecified atom stereocenters. The van der Waals surface area contributed by atoms with Crippen LogP contribution in [0.25, 0.3) is 11.1 Å². The monoisotopic (exact) mass is 425 g/mol. The zero-order valence-electron chi connectivity index (χ0n) is 17.3. The molecule has 0 aliphatic carbocycles. The molecule has 0 aliphatic rings. The van der Waals surface area contributed by atoms with Gasteiger partial charge >= 0.3 is 5.97 Å². The number of rotatable bonds is 7. The average molecular weight is 426 g/mol. The van der Waals surface area contributed by atoms with Gasteiger partial charge in [0, 0.05) is 16.0 Å². The van der Waals surface area contributed by atoms with Gasteiger partial charge in [-0.2, -0.15) is 0 Å². The summed E-state index contributed by atoms with van der Waals surface area (Å²) in [4.78, 5) is 26.5. The highest BCUT2D eigenvalue weighted by Crippen LogP contribution is 2.41. The molecule has 1 heterocycles. The van der Waals surface area contributed by atoms with Gasteiger partial charge in [0.1, 0.15) is 22.1 Å². The molecule has 7 heteroatoms. The largest absolute Gasteiger partial charge is 0.497 e. The summed E-state index contributed by atoms with van der Waals surface area (Å²) in [6.07, 6.45) is 0. The van der Waals surface area contributed by atoms with Crippen LogP contribution < -0.4 is 14.8 Å². The van der Waals surface area contributed by atoms with E-state index in [0.29, 0.717) is 21.9 Å². The van der Waals surface area contributed by atoms with Crippen molar-refractivity contribution < 1.29 is 23.8 Å². The minimum absolute atomic E-state index is 0.238. The SMILES string of the molecule is CCOC(=O)c1c(NC(=O)c2ccc(OC)cc2)sc(C)c1-c1ccc(OC)cc1. The lowest BCUT2D eigenvalue weighted by Gasteiger charge is -2.10. The maximum atomic E-state index is 12.8. The van der Waals surface area contributed by atoms with Gasteiger partial charge < -0.3 is 19.5 Å². The molecule has 0 aliphatic heterocycles. The van der Waals surface area contributed by atoms with Crippen LogP contribution in [0, 0.1) is 6.92 Å². The van der Waals surface area contributed by atoms with Crippen molar-refractivity contribution in [2.45, 2.75) is 13.8 Å². The Bertz CT molecular complexity index is 1040. The van der Waals surface area contributed by atoms with Crippen molar-refractivity contribution >= 4 is 28.2 Å². The third-order valence-electron chi connectivity index (χ3n) is 4.52. The van der Waals surface area contributed by atoms with Crippen LogP contribution in [0.1, 0.15) is 32.5 Å². The molecule has 1 N–H and O–H groups in total. The summed E-state index contributed by atoms with van der Waals surface area (Å²) in [5.41, 5.74) is 2.40. The zero-order chi connectivity index (χ0) is 21.7. The predicted molar refractivity (Wildman–Crippen MR) is 118 cm³/mol. The first kappa shape index (κ1) is 21.4. The fraction of sp³-hybridized carbons (Fsp3) is 0.217. The molecule has 0 fully saturated rings. The van der Waals surface area contributed by atoms with Crippen molar-refractivity contribution in [3.8, 4) is 22.6 Å². The van der Waals surface area contributed by atoms with E-state index in [9.17, 15) is 9.59 Å². The highest BCUT2D eigenvalue weighted by Gasteiger charge is 2.25. The van der Waals surface area contributed by atoms with Crippen molar-refractivity contribution in [3.63, 3.8) is 0 Å². The Morgan fingerprint density at radius 2 is 1.50 bits per heavy atom. The Kier molecular flexibility index (Phi) is 6.74. The molecule has 1 aromatic heterocycles. The van der Waals surface area contributed by atoms with E-state index in [1.165, 1.54) is 11.3 Å². The number of hydrogen-bond acceptors (Lipinski definition) is 6. The molecule has 1 amide bonds. The first-order valence-corrected chi connectivity index (χ1v) is 10.2. The number of ether oxygens (including phenoxy) is 3. The van der Waals surface area contributed by atoms with Crippen LogP contribution in [-0.2, 0) is 4.74 Å². The molecule has 3 aromatic rings. The molecule has 0 radical (unpaired) electrons. The maximum absolute atomic E-state index is 12.8. The summed E-state index contributed by atoms with van der Waals surface area (Å²) in [7, 11) is 3.16. The standard InChI is InChI=1S/C23H23NO5S/c1-5-29-23(26)20-19(15-6-10-17(27-3)11-7-15)14(2)30-22(20)24-21(25)16-8-12-18(28-4)13-9-16/h6-13H,5H2,1-4H3,(H,24,25). The van der Waals surface area contributed by atoms with Crippen molar-refractivity contribution in [2.24, 2.45) is 0 Å². The summed E-state index contributed by atoms with van der Waals surface area (Å²) >= 11 is 1.34. The Morgan fingerprint density at radius 1 is 0.933 bits per heavy atom. The molecule has 0 saturated carbocycles. The Morgan fingerprint density at radius 3 is 2.03 bits per heavy atom. The molecule has 2 aromatic carbocycles. The second kappa shape index (κ2) is 9.45. The summed E-state index contributed by atoms with van der Waals surface area (Å²) in [6, 6.07) is 14.2. The fourth-order valence-corrected chi connectivity index (χ4v) is 4.11. The smallest absolute Gasteiger partial charge is 0.341 e. The molecule has 3 rings (SSSR count). The van der Waals surface area contributed by atoms with Gasteiger partial charge in [-0.3, -0.25) is 4.79 Å². The van der Waals surface area contributed by atoms with E-state index in [0.717, 1.165) is 21.8 Å². The van der Waals surface area contributed by atoms with Crippen molar-refractivity contribution in [2.75, 3.05) is 26.1 Å². The number of benzene rings is 2. The first-order chi connectivity index (χ1) is 14.5. The van der Waals surface area contributed by atoms with Gasteiger partial charge in [-0.25, -0.2) is 4.79 Å². The number of hydrogen-bond donors (Lipinski definition) is 1. The van der Waals surface area contributed by atoms with Gasteiger partial charge in [-0.1, -0.05) is 12.1 Å². The van der Waals surface area contributed by atoms with Crippen molar-refractivity contribution in [3.05, 3.63) is 64.5 Å². The molecular weight excluding hydrogens is 402 g/mol. The predicted octanol–water partition coefficient (Wildman–Crippen LogP) is 5.17. The van der Waals surface area contributed by atoms with Crippen LogP contribution in [0.4, 0.5) is 5.00 Å². The number of esters is 1. The molecule has 0 spiro atoms. The van der Waals surface area contributed by atoms with Gasteiger partial charge in [-0.05, 0) is 55.8 Å². The van der Waals surface area contributed by atoms with Crippen LogP contribution in [0.3, 0.4) is 0 Å². The maximum Gasteiger partial charge on any atom is 0.341 e. The number of carbonyl (C=O) groups excluding carboxylic acids is 2. The fourth-order valence-electron chi connectivity index (χ4n) is 3.05. The quantitative estimate of drug-likeness (QED) is 0.529. The van der Waals surface area contributed by atoms with Crippen LogP contribution in [-0.4, -0.2) is 32.7 Å². The number of carbonyl (C=O) groups is 2. The van der Waals surface area contributed by atoms with E-state index in [2.05, 4.69) is 5.32 Å². The van der Waals surface area contributed by atoms with E-state index in [1.54, 1.807) is 45.4 Å². The summed E-state index contributed by atoms with van der Waals surface area (Å²) in [6.45, 7) is 3.90. The van der Waals surface area contributed by atoms with Gasteiger partial charge in [0.15, 0.2) is 0 Å². The number of thiophene rings is 1. The molecule has 30 heavy (non-hydrogen) atoms. The van der Waals surface area contributed by atoms with Crippen molar-refractivity contribution in [1.29, 1.82) is 0 Å². The number of aryl methyl sites for hydroxylation is 1. The van der Waals surface area contributed by atoms with Crippen molar-refractivity contribution in [1.82, 2.24) is 0 Å². The Labute approximate surface area is 179 Å². The van der Waals surface area contributed by atoms with Gasteiger partial charge in [0.05, 0.1) is 20.8 Å². The second-order valence-electron chi connectivity index (χ2n) is 6.37. The summed E-state index contributed by atoms with van der Waals surface area (Å²) in [5, 5.41) is 3.33. The zero-order valence-corrected chi connectivity index (χ0v) is 18.1. The number of methoxy groups -OCH3 is 2. The number of nitrogens with one attached hydrogen (secondary N) is 1. The highest BCUT2D eigenvalue weighted by molar-refractivity contribution is 7.17. The third-order valence-corrected chi connectivity index (χ3v) is 5.54. The van der Waals surface area contributed by atoms with Gasteiger partial charge in [0.2, 0.25) is 0 Å². The van der Waals surface area contributed by atoms with E-state index < -0.39 is 5.97 Å². The molecule has 156 valence electrons. The number of amides is 1. The van der Waals surface area contributed by atoms with E-state index >= 15 is 0 Å². The number of anilines is 1. The lowest BCUT2D eigenvalue weighted by molar-refractivity contribution is 0.0529. The summed E-state index contributed by atoms with van der Waals surface area (Å²) < 4.78 is 15.6. The van der Waals surface area contributed by atoms with E-state index in [4.69, 9.17) is 14.2 Å². The molecule has 0 atom stereocenters. The molecule has 0 bridgehead atoms. The average Bonchev–Trinajstić information content (AvgIpc) is 3.09. The molecule has 6 nitrogen and oxygen atoms in total. The highest BCUT2D eigenvalue weighted by atomic mass is 32.1. The third kappa shape index (κ3) is 4.46. The topological polar surface area (TPSA) is 73.9 Å². The lowest BCUT2D eigenvalue weighted by atomic mass is 10.0. The minimum Gasteiger partial charge on any atom is -0.497 e. The van der Waals surface area contributed by atoms with Gasteiger partial charge in [-0.15, -0.1) is 11.3 Å². The Balaban J connectivity index is 2.00. The molecule has 0 saturated heterocycles. The van der Waals surface area contributed by atoms with Gasteiger partial charge in [0.25, 0.3) is 5.91 Å². The van der Waals surface area contributed by atoms with Crippen LogP contribution in [0.2, 0.25) is 0 Å². The van der Waals surface area contributed by atoms with E-state index in [-0.39, 0.29) is 12.5 Å².